The summed E-state index contributed by atoms with van der Waals surface area (Å²) in [6.45, 7) is 6.71. The molecule has 1 unspecified atom stereocenters. The molecule has 0 aliphatic rings. The molecule has 0 spiro atoms. The second kappa shape index (κ2) is 6.52. The van der Waals surface area contributed by atoms with Gasteiger partial charge in [-0.3, -0.25) is 4.68 Å². The number of nitrogens with two attached hydrogens (primary N) is 1. The molecule has 0 aliphatic heterocycles. The SMILES string of the molecule is CCc1nn(C)c(CC(N)COC(C)C)c1Br. The van der Waals surface area contributed by atoms with Gasteiger partial charge in [0.1, 0.15) is 0 Å². The van der Waals surface area contributed by atoms with Crippen LogP contribution in [0.25, 0.3) is 0 Å². The van der Waals surface area contributed by atoms with E-state index in [1.54, 1.807) is 0 Å². The quantitative estimate of drug-likeness (QED) is 0.875. The first-order chi connectivity index (χ1) is 7.95. The van der Waals surface area contributed by atoms with Gasteiger partial charge in [0.05, 0.1) is 28.6 Å². The maximum Gasteiger partial charge on any atom is 0.0766 e. The van der Waals surface area contributed by atoms with E-state index >= 15 is 0 Å². The van der Waals surface area contributed by atoms with Crippen LogP contribution >= 0.6 is 15.9 Å². The van der Waals surface area contributed by atoms with Crippen LogP contribution < -0.4 is 5.73 Å². The third-order valence-electron chi connectivity index (χ3n) is 2.60. The van der Waals surface area contributed by atoms with Crippen LogP contribution in [0.3, 0.4) is 0 Å². The van der Waals surface area contributed by atoms with Gasteiger partial charge in [0.2, 0.25) is 0 Å². The highest BCUT2D eigenvalue weighted by molar-refractivity contribution is 9.10. The molecule has 1 aromatic rings. The molecular formula is C12H22BrN3O. The van der Waals surface area contributed by atoms with Crippen molar-refractivity contribution in [2.24, 2.45) is 12.8 Å². The number of aromatic nitrogens is 2. The summed E-state index contributed by atoms with van der Waals surface area (Å²) >= 11 is 3.59. The van der Waals surface area contributed by atoms with Gasteiger partial charge in [0.25, 0.3) is 0 Å². The average molecular weight is 304 g/mol. The van der Waals surface area contributed by atoms with E-state index in [1.807, 2.05) is 25.6 Å². The van der Waals surface area contributed by atoms with E-state index in [4.69, 9.17) is 10.5 Å². The molecule has 1 rings (SSSR count). The lowest BCUT2D eigenvalue weighted by atomic mass is 10.1. The van der Waals surface area contributed by atoms with Gasteiger partial charge in [-0.05, 0) is 36.2 Å². The molecule has 5 heteroatoms. The third kappa shape index (κ3) is 4.08. The zero-order valence-electron chi connectivity index (χ0n) is 11.0. The number of hydrogen-bond acceptors (Lipinski definition) is 3. The van der Waals surface area contributed by atoms with Crippen LogP contribution in [0.1, 0.15) is 32.2 Å². The van der Waals surface area contributed by atoms with E-state index in [2.05, 4.69) is 28.0 Å². The molecule has 98 valence electrons. The van der Waals surface area contributed by atoms with E-state index in [0.717, 1.165) is 28.7 Å². The molecule has 0 fully saturated rings. The monoisotopic (exact) mass is 303 g/mol. The minimum absolute atomic E-state index is 0.00815. The molecule has 0 aliphatic carbocycles. The molecule has 2 N–H and O–H groups in total. The minimum atomic E-state index is 0.00815. The number of hydrogen-bond donors (Lipinski definition) is 1. The van der Waals surface area contributed by atoms with Crippen molar-refractivity contribution in [3.8, 4) is 0 Å². The molecule has 1 aromatic heterocycles. The first-order valence-electron chi connectivity index (χ1n) is 6.03. The van der Waals surface area contributed by atoms with Gasteiger partial charge in [0.15, 0.2) is 0 Å². The number of aryl methyl sites for hydroxylation is 2. The molecular weight excluding hydrogens is 282 g/mol. The Balaban J connectivity index is 2.64. The molecule has 0 radical (unpaired) electrons. The molecule has 1 heterocycles. The third-order valence-corrected chi connectivity index (χ3v) is 3.52. The fourth-order valence-electron chi connectivity index (χ4n) is 1.66. The highest BCUT2D eigenvalue weighted by Gasteiger charge is 2.15. The first kappa shape index (κ1) is 14.7. The van der Waals surface area contributed by atoms with Crippen LogP contribution in [0.15, 0.2) is 4.47 Å². The maximum absolute atomic E-state index is 6.06. The van der Waals surface area contributed by atoms with Crippen molar-refractivity contribution in [3.05, 3.63) is 15.9 Å². The fraction of sp³-hybridized carbons (Fsp3) is 0.750. The van der Waals surface area contributed by atoms with Crippen LogP contribution in [0.5, 0.6) is 0 Å². The van der Waals surface area contributed by atoms with Crippen molar-refractivity contribution >= 4 is 15.9 Å². The van der Waals surface area contributed by atoms with Gasteiger partial charge < -0.3 is 10.5 Å². The van der Waals surface area contributed by atoms with Gasteiger partial charge in [-0.15, -0.1) is 0 Å². The second-order valence-corrected chi connectivity index (χ2v) is 5.32. The van der Waals surface area contributed by atoms with E-state index in [9.17, 15) is 0 Å². The summed E-state index contributed by atoms with van der Waals surface area (Å²) in [6.07, 6.45) is 1.92. The van der Waals surface area contributed by atoms with Gasteiger partial charge in [0, 0.05) is 19.5 Å². The average Bonchev–Trinajstić information content (AvgIpc) is 2.53. The normalized spacial score (nSPS) is 13.4. The van der Waals surface area contributed by atoms with Gasteiger partial charge >= 0.3 is 0 Å². The summed E-state index contributed by atoms with van der Waals surface area (Å²) in [5, 5.41) is 4.45. The number of ether oxygens (including phenoxy) is 1. The fourth-order valence-corrected chi connectivity index (χ4v) is 2.44. The molecule has 1 atom stereocenters. The number of nitrogens with zero attached hydrogens (tertiary/aromatic N) is 2. The number of halogens is 1. The molecule has 0 saturated heterocycles. The van der Waals surface area contributed by atoms with E-state index in [0.29, 0.717) is 6.61 Å². The van der Waals surface area contributed by atoms with Crippen molar-refractivity contribution in [1.29, 1.82) is 0 Å². The van der Waals surface area contributed by atoms with Crippen LogP contribution in [-0.2, 0) is 24.6 Å². The maximum atomic E-state index is 6.06. The van der Waals surface area contributed by atoms with E-state index < -0.39 is 0 Å². The van der Waals surface area contributed by atoms with Gasteiger partial charge in [-0.2, -0.15) is 5.10 Å². The van der Waals surface area contributed by atoms with Gasteiger partial charge in [-0.25, -0.2) is 0 Å². The topological polar surface area (TPSA) is 53.1 Å². The lowest BCUT2D eigenvalue weighted by Crippen LogP contribution is -2.30. The van der Waals surface area contributed by atoms with Crippen LogP contribution in [0.4, 0.5) is 0 Å². The van der Waals surface area contributed by atoms with Crippen molar-refractivity contribution in [3.63, 3.8) is 0 Å². The summed E-state index contributed by atoms with van der Waals surface area (Å²) in [6, 6.07) is 0.00815. The Labute approximate surface area is 112 Å². The molecule has 0 saturated carbocycles. The molecule has 0 bridgehead atoms. The zero-order valence-corrected chi connectivity index (χ0v) is 12.6. The molecule has 4 nitrogen and oxygen atoms in total. The summed E-state index contributed by atoms with van der Waals surface area (Å²) in [4.78, 5) is 0. The Morgan fingerprint density at radius 1 is 1.47 bits per heavy atom. The largest absolute Gasteiger partial charge is 0.377 e. The predicted molar refractivity (Wildman–Crippen MR) is 73.1 cm³/mol. The number of rotatable bonds is 6. The van der Waals surface area contributed by atoms with Crippen molar-refractivity contribution in [1.82, 2.24) is 9.78 Å². The Morgan fingerprint density at radius 2 is 2.12 bits per heavy atom. The molecule has 0 aromatic carbocycles. The Hall–Kier alpha value is -0.390. The molecule has 0 amide bonds. The lowest BCUT2D eigenvalue weighted by molar-refractivity contribution is 0.0681. The molecule has 17 heavy (non-hydrogen) atoms. The van der Waals surface area contributed by atoms with E-state index in [-0.39, 0.29) is 12.1 Å². The van der Waals surface area contributed by atoms with Crippen molar-refractivity contribution in [2.75, 3.05) is 6.61 Å². The van der Waals surface area contributed by atoms with Crippen LogP contribution in [0.2, 0.25) is 0 Å². The lowest BCUT2D eigenvalue weighted by Gasteiger charge is -2.14. The van der Waals surface area contributed by atoms with Crippen LogP contribution in [-0.4, -0.2) is 28.5 Å². The van der Waals surface area contributed by atoms with Crippen LogP contribution in [0, 0.1) is 0 Å². The summed E-state index contributed by atoms with van der Waals surface area (Å²) in [7, 11) is 1.95. The first-order valence-corrected chi connectivity index (χ1v) is 6.82. The minimum Gasteiger partial charge on any atom is -0.377 e. The smallest absolute Gasteiger partial charge is 0.0766 e. The highest BCUT2D eigenvalue weighted by Crippen LogP contribution is 2.22. The van der Waals surface area contributed by atoms with E-state index in [1.165, 1.54) is 0 Å². The highest BCUT2D eigenvalue weighted by atomic mass is 79.9. The van der Waals surface area contributed by atoms with Gasteiger partial charge in [-0.1, -0.05) is 6.92 Å². The van der Waals surface area contributed by atoms with Crippen molar-refractivity contribution < 1.29 is 4.74 Å². The Bertz CT molecular complexity index is 363. The summed E-state index contributed by atoms with van der Waals surface area (Å²) in [5.74, 6) is 0. The Morgan fingerprint density at radius 3 is 2.59 bits per heavy atom. The predicted octanol–water partition coefficient (Wildman–Crippen LogP) is 2.04. The Kier molecular flexibility index (Phi) is 5.62. The van der Waals surface area contributed by atoms with Crippen molar-refractivity contribution in [2.45, 2.75) is 45.8 Å². The summed E-state index contributed by atoms with van der Waals surface area (Å²) in [5.41, 5.74) is 8.28. The standard InChI is InChI=1S/C12H22BrN3O/c1-5-10-12(13)11(16(4)15-10)6-9(14)7-17-8(2)3/h8-9H,5-7,14H2,1-4H3. The summed E-state index contributed by atoms with van der Waals surface area (Å²) < 4.78 is 8.51. The zero-order chi connectivity index (χ0) is 13.0. The second-order valence-electron chi connectivity index (χ2n) is 4.53.